The van der Waals surface area contributed by atoms with E-state index >= 15 is 0 Å². The molecule has 1 unspecified atom stereocenters. The van der Waals surface area contributed by atoms with E-state index in [1.165, 1.54) is 16.9 Å². The molecule has 8 heteroatoms. The predicted octanol–water partition coefficient (Wildman–Crippen LogP) is 1.92. The zero-order chi connectivity index (χ0) is 20.1. The Morgan fingerprint density at radius 1 is 1.07 bits per heavy atom. The van der Waals surface area contributed by atoms with Gasteiger partial charge in [-0.15, -0.1) is 12.4 Å². The zero-order valence-corrected chi connectivity index (χ0v) is 16.9. The quantitative estimate of drug-likeness (QED) is 0.750. The van der Waals surface area contributed by atoms with E-state index in [2.05, 4.69) is 0 Å². The van der Waals surface area contributed by atoms with Crippen LogP contribution in [0.15, 0.2) is 54.6 Å². The van der Waals surface area contributed by atoms with Gasteiger partial charge in [0.1, 0.15) is 12.6 Å². The van der Waals surface area contributed by atoms with E-state index in [4.69, 9.17) is 10.5 Å². The Morgan fingerprint density at radius 3 is 2.34 bits per heavy atom. The van der Waals surface area contributed by atoms with Crippen molar-refractivity contribution in [2.75, 3.05) is 30.0 Å². The standard InChI is InChI=1S/C21H23N3O4.ClH/c1-28-20(26)14-24-18-10-6-5-9-17(18)23(13-16(22)21(24)27)19(25)12-11-15-7-3-2-4-8-15;/h2-10,16H,11-14,22H2,1H3;1H. The summed E-state index contributed by atoms with van der Waals surface area (Å²) < 4.78 is 4.70. The number of nitrogens with two attached hydrogens (primary N) is 1. The Kier molecular flexibility index (Phi) is 7.75. The van der Waals surface area contributed by atoms with Crippen molar-refractivity contribution < 1.29 is 19.1 Å². The third kappa shape index (κ3) is 5.13. The fourth-order valence-corrected chi connectivity index (χ4v) is 3.24. The highest BCUT2D eigenvalue weighted by molar-refractivity contribution is 6.08. The fraction of sp³-hybridized carbons (Fsp3) is 0.286. The molecule has 3 rings (SSSR count). The van der Waals surface area contributed by atoms with Crippen molar-refractivity contribution in [2.24, 2.45) is 5.73 Å². The van der Waals surface area contributed by atoms with Gasteiger partial charge in [0.05, 0.1) is 25.0 Å². The third-order valence-electron chi connectivity index (χ3n) is 4.71. The van der Waals surface area contributed by atoms with Gasteiger partial charge in [0.2, 0.25) is 11.8 Å². The summed E-state index contributed by atoms with van der Waals surface area (Å²) >= 11 is 0. The molecule has 0 spiro atoms. The molecule has 2 aromatic carbocycles. The van der Waals surface area contributed by atoms with Crippen LogP contribution in [0, 0.1) is 0 Å². The molecule has 2 amide bonds. The van der Waals surface area contributed by atoms with Gasteiger partial charge in [0, 0.05) is 6.42 Å². The first-order valence-electron chi connectivity index (χ1n) is 9.08. The summed E-state index contributed by atoms with van der Waals surface area (Å²) in [4.78, 5) is 40.4. The van der Waals surface area contributed by atoms with E-state index in [0.29, 0.717) is 17.8 Å². The fourth-order valence-electron chi connectivity index (χ4n) is 3.24. The largest absolute Gasteiger partial charge is 0.468 e. The van der Waals surface area contributed by atoms with Crippen LogP contribution in [0.3, 0.4) is 0 Å². The number of carbonyl (C=O) groups excluding carboxylic acids is 3. The van der Waals surface area contributed by atoms with Crippen molar-refractivity contribution in [1.29, 1.82) is 0 Å². The number of anilines is 2. The van der Waals surface area contributed by atoms with Gasteiger partial charge in [-0.05, 0) is 24.1 Å². The van der Waals surface area contributed by atoms with Crippen molar-refractivity contribution in [1.82, 2.24) is 0 Å². The molecule has 1 aliphatic rings. The van der Waals surface area contributed by atoms with E-state index in [-0.39, 0.29) is 37.8 Å². The number of halogens is 1. The van der Waals surface area contributed by atoms with Crippen LogP contribution in [0.25, 0.3) is 0 Å². The molecule has 2 aromatic rings. The van der Waals surface area contributed by atoms with Crippen molar-refractivity contribution in [2.45, 2.75) is 18.9 Å². The van der Waals surface area contributed by atoms with Gasteiger partial charge >= 0.3 is 5.97 Å². The molecule has 0 fully saturated rings. The molecule has 29 heavy (non-hydrogen) atoms. The summed E-state index contributed by atoms with van der Waals surface area (Å²) in [6.07, 6.45) is 0.879. The Bertz CT molecular complexity index is 875. The summed E-state index contributed by atoms with van der Waals surface area (Å²) in [5.74, 6) is -1.10. The van der Waals surface area contributed by atoms with Crippen LogP contribution in [0.5, 0.6) is 0 Å². The summed E-state index contributed by atoms with van der Waals surface area (Å²) in [6, 6.07) is 15.8. The van der Waals surface area contributed by atoms with Gasteiger partial charge < -0.3 is 15.4 Å². The molecule has 1 atom stereocenters. The number of amides is 2. The Labute approximate surface area is 175 Å². The van der Waals surface area contributed by atoms with Crippen molar-refractivity contribution in [3.63, 3.8) is 0 Å². The van der Waals surface area contributed by atoms with Gasteiger partial charge in [-0.3, -0.25) is 19.3 Å². The lowest BCUT2D eigenvalue weighted by molar-refractivity contribution is -0.140. The first-order valence-corrected chi connectivity index (χ1v) is 9.08. The number of esters is 1. The number of carbonyl (C=O) groups is 3. The molecule has 0 aromatic heterocycles. The van der Waals surface area contributed by atoms with Crippen LogP contribution < -0.4 is 15.5 Å². The Hall–Kier alpha value is -2.90. The molecule has 0 aliphatic carbocycles. The average Bonchev–Trinajstić information content (AvgIpc) is 2.83. The number of aryl methyl sites for hydroxylation is 1. The molecule has 0 saturated carbocycles. The van der Waals surface area contributed by atoms with Crippen LogP contribution in [0.1, 0.15) is 12.0 Å². The predicted molar refractivity (Wildman–Crippen MR) is 113 cm³/mol. The van der Waals surface area contributed by atoms with Gasteiger partial charge in [0.25, 0.3) is 0 Å². The number of methoxy groups -OCH3 is 1. The molecule has 1 heterocycles. The van der Waals surface area contributed by atoms with Crippen LogP contribution >= 0.6 is 12.4 Å². The number of ether oxygens (including phenoxy) is 1. The average molecular weight is 418 g/mol. The molecule has 0 radical (unpaired) electrons. The van der Waals surface area contributed by atoms with Crippen LogP contribution in [-0.2, 0) is 25.5 Å². The minimum atomic E-state index is -0.933. The van der Waals surface area contributed by atoms with E-state index in [1.807, 2.05) is 30.3 Å². The molecule has 7 nitrogen and oxygen atoms in total. The topological polar surface area (TPSA) is 92.9 Å². The highest BCUT2D eigenvalue weighted by Crippen LogP contribution is 2.33. The number of rotatable bonds is 5. The number of para-hydroxylation sites is 2. The smallest absolute Gasteiger partial charge is 0.325 e. The van der Waals surface area contributed by atoms with E-state index in [9.17, 15) is 14.4 Å². The molecule has 1 aliphatic heterocycles. The normalized spacial score (nSPS) is 15.8. The Balaban J connectivity index is 0.00000300. The molecule has 0 saturated heterocycles. The minimum absolute atomic E-state index is 0. The van der Waals surface area contributed by atoms with Gasteiger partial charge in [-0.2, -0.15) is 0 Å². The lowest BCUT2D eigenvalue weighted by atomic mass is 10.1. The molecular weight excluding hydrogens is 394 g/mol. The van der Waals surface area contributed by atoms with E-state index in [1.54, 1.807) is 24.3 Å². The molecular formula is C21H24ClN3O4. The van der Waals surface area contributed by atoms with Crippen LogP contribution in [-0.4, -0.2) is 44.0 Å². The van der Waals surface area contributed by atoms with E-state index in [0.717, 1.165) is 5.56 Å². The van der Waals surface area contributed by atoms with Crippen molar-refractivity contribution in [3.05, 3.63) is 60.2 Å². The maximum atomic E-state index is 13.0. The summed E-state index contributed by atoms with van der Waals surface area (Å²) in [6.45, 7) is -0.201. The van der Waals surface area contributed by atoms with Crippen LogP contribution in [0.2, 0.25) is 0 Å². The number of hydrogen-bond donors (Lipinski definition) is 1. The summed E-state index contributed by atoms with van der Waals surface area (Å²) in [7, 11) is 1.26. The Morgan fingerprint density at radius 2 is 1.69 bits per heavy atom. The summed E-state index contributed by atoms with van der Waals surface area (Å²) in [5, 5.41) is 0. The highest BCUT2D eigenvalue weighted by atomic mass is 35.5. The zero-order valence-electron chi connectivity index (χ0n) is 16.1. The van der Waals surface area contributed by atoms with Crippen molar-refractivity contribution >= 4 is 41.6 Å². The van der Waals surface area contributed by atoms with Gasteiger partial charge in [-0.1, -0.05) is 42.5 Å². The van der Waals surface area contributed by atoms with Crippen molar-refractivity contribution in [3.8, 4) is 0 Å². The lowest BCUT2D eigenvalue weighted by Crippen LogP contribution is -2.49. The SMILES string of the molecule is COC(=O)CN1C(=O)C(N)CN(C(=O)CCc2ccccc2)c2ccccc21.Cl. The number of benzene rings is 2. The minimum Gasteiger partial charge on any atom is -0.468 e. The molecule has 2 N–H and O–H groups in total. The summed E-state index contributed by atoms with van der Waals surface area (Å²) in [5.41, 5.74) is 8.16. The number of nitrogens with zero attached hydrogens (tertiary/aromatic N) is 2. The first kappa shape index (κ1) is 22.4. The highest BCUT2D eigenvalue weighted by Gasteiger charge is 2.34. The second kappa shape index (κ2) is 10.0. The second-order valence-corrected chi connectivity index (χ2v) is 6.59. The van der Waals surface area contributed by atoms with Crippen LogP contribution in [0.4, 0.5) is 11.4 Å². The maximum Gasteiger partial charge on any atom is 0.325 e. The van der Waals surface area contributed by atoms with E-state index < -0.39 is 17.9 Å². The monoisotopic (exact) mass is 417 g/mol. The molecule has 154 valence electrons. The van der Waals surface area contributed by atoms with Gasteiger partial charge in [0.15, 0.2) is 0 Å². The maximum absolute atomic E-state index is 13.0. The third-order valence-corrected chi connectivity index (χ3v) is 4.71. The number of hydrogen-bond acceptors (Lipinski definition) is 5. The first-order chi connectivity index (χ1) is 13.5. The number of fused-ring (bicyclic) bond motifs is 1. The lowest BCUT2D eigenvalue weighted by Gasteiger charge is -2.24. The van der Waals surface area contributed by atoms with Gasteiger partial charge in [-0.25, -0.2) is 0 Å². The molecule has 0 bridgehead atoms. The second-order valence-electron chi connectivity index (χ2n) is 6.59.